The molecule has 1 saturated heterocycles. The molecule has 1 fully saturated rings. The molecule has 1 aromatic rings. The van der Waals surface area contributed by atoms with E-state index in [0.717, 1.165) is 37.7 Å². The van der Waals surface area contributed by atoms with E-state index in [1.165, 1.54) is 25.7 Å². The number of aromatic nitrogens is 2. The quantitative estimate of drug-likeness (QED) is 0.252. The second kappa shape index (κ2) is 13.4. The van der Waals surface area contributed by atoms with Crippen molar-refractivity contribution in [3.8, 4) is 0 Å². The van der Waals surface area contributed by atoms with E-state index in [4.69, 9.17) is 14.1 Å². The Bertz CT molecular complexity index is 860. The molecule has 8 heteroatoms. The van der Waals surface area contributed by atoms with E-state index in [-0.39, 0.29) is 17.3 Å². The number of ether oxygens (including phenoxy) is 1. The smallest absolute Gasteiger partial charge is 0.295 e. The zero-order valence-electron chi connectivity index (χ0n) is 23.8. The maximum atomic E-state index is 13.4. The zero-order valence-corrected chi connectivity index (χ0v) is 25.8. The maximum Gasteiger partial charge on any atom is 0.295 e. The molecule has 0 bridgehead atoms. The molecule has 200 valence electrons. The Morgan fingerprint density at radius 3 is 2.17 bits per heavy atom. The van der Waals surface area contributed by atoms with Crippen molar-refractivity contribution >= 4 is 28.3 Å². The Labute approximate surface area is 216 Å². The van der Waals surface area contributed by atoms with Crippen LogP contribution in [0.2, 0.25) is 43.8 Å². The molecule has 0 aromatic carbocycles. The third-order valence-electron chi connectivity index (χ3n) is 7.24. The Hall–Kier alpha value is -1.23. The van der Waals surface area contributed by atoms with Crippen molar-refractivity contribution in [1.82, 2.24) is 9.55 Å². The summed E-state index contributed by atoms with van der Waals surface area (Å²) in [5, 5.41) is 0.178. The van der Waals surface area contributed by atoms with E-state index in [0.29, 0.717) is 19.0 Å². The van der Waals surface area contributed by atoms with Crippen LogP contribution in [0, 0.1) is 0 Å². The van der Waals surface area contributed by atoms with E-state index >= 15 is 0 Å². The van der Waals surface area contributed by atoms with Gasteiger partial charge in [0.1, 0.15) is 6.73 Å². The van der Waals surface area contributed by atoms with E-state index in [1.807, 2.05) is 18.3 Å². The van der Waals surface area contributed by atoms with E-state index in [9.17, 15) is 4.79 Å². The Morgan fingerprint density at radius 2 is 1.60 bits per heavy atom. The minimum Gasteiger partial charge on any atom is -0.413 e. The lowest BCUT2D eigenvalue weighted by Crippen LogP contribution is -2.40. The van der Waals surface area contributed by atoms with Crippen LogP contribution in [0.4, 0.5) is 5.82 Å². The van der Waals surface area contributed by atoms with E-state index in [2.05, 4.69) is 58.4 Å². The Kier molecular flexibility index (Phi) is 11.4. The van der Waals surface area contributed by atoms with E-state index < -0.39 is 16.4 Å². The molecule has 35 heavy (non-hydrogen) atoms. The third kappa shape index (κ3) is 10.3. The van der Waals surface area contributed by atoms with Crippen molar-refractivity contribution in [2.45, 2.75) is 110 Å². The molecule has 0 radical (unpaired) electrons. The summed E-state index contributed by atoms with van der Waals surface area (Å²) in [6.07, 6.45) is 13.1. The summed E-state index contributed by atoms with van der Waals surface area (Å²) in [7, 11) is -2.98. The van der Waals surface area contributed by atoms with Crippen molar-refractivity contribution in [2.24, 2.45) is 0 Å². The molecule has 0 N–H and O–H groups in total. The first-order chi connectivity index (χ1) is 16.3. The molecule has 0 unspecified atom stereocenters. The van der Waals surface area contributed by atoms with Crippen LogP contribution in [0.15, 0.2) is 17.1 Å². The predicted molar refractivity (Wildman–Crippen MR) is 155 cm³/mol. The van der Waals surface area contributed by atoms with Gasteiger partial charge in [-0.3, -0.25) is 9.36 Å². The Morgan fingerprint density at radius 1 is 1.00 bits per heavy atom. The van der Waals surface area contributed by atoms with Crippen LogP contribution in [0.3, 0.4) is 0 Å². The van der Waals surface area contributed by atoms with Gasteiger partial charge in [0.05, 0.1) is 12.3 Å². The molecule has 0 saturated carbocycles. The van der Waals surface area contributed by atoms with Gasteiger partial charge in [0.2, 0.25) is 0 Å². The molecular weight excluding hydrogens is 470 g/mol. The first-order valence-corrected chi connectivity index (χ1v) is 20.2. The van der Waals surface area contributed by atoms with Gasteiger partial charge in [-0.2, -0.15) is 0 Å². The molecule has 0 atom stereocenters. The van der Waals surface area contributed by atoms with Crippen molar-refractivity contribution in [3.63, 3.8) is 0 Å². The predicted octanol–water partition coefficient (Wildman–Crippen LogP) is 6.75. The van der Waals surface area contributed by atoms with Crippen LogP contribution >= 0.6 is 0 Å². The second-order valence-corrected chi connectivity index (χ2v) is 23.1. The molecular formula is C27H51N3O3Si2. The van der Waals surface area contributed by atoms with Gasteiger partial charge in [-0.25, -0.2) is 4.98 Å². The summed E-state index contributed by atoms with van der Waals surface area (Å²) < 4.78 is 14.0. The maximum absolute atomic E-state index is 13.4. The van der Waals surface area contributed by atoms with Gasteiger partial charge in [-0.1, -0.05) is 72.2 Å². The van der Waals surface area contributed by atoms with Gasteiger partial charge in [0, 0.05) is 34.0 Å². The fraction of sp³-hybridized carbons (Fsp3) is 0.778. The average Bonchev–Trinajstić information content (AvgIpc) is 2.88. The normalized spacial score (nSPS) is 16.9. The molecule has 0 spiro atoms. The molecule has 0 amide bonds. The minimum atomic E-state index is -1.80. The van der Waals surface area contributed by atoms with Crippen molar-refractivity contribution < 1.29 is 9.16 Å². The number of hydrogen-bond donors (Lipinski definition) is 0. The summed E-state index contributed by atoms with van der Waals surface area (Å²) in [4.78, 5) is 20.4. The number of nitrogens with zero attached hydrogens (tertiary/aromatic N) is 3. The van der Waals surface area contributed by atoms with Gasteiger partial charge in [0.25, 0.3) is 5.56 Å². The van der Waals surface area contributed by atoms with Crippen LogP contribution < -0.4 is 10.5 Å². The van der Waals surface area contributed by atoms with Crippen LogP contribution in [0.1, 0.15) is 65.0 Å². The minimum absolute atomic E-state index is 0.0491. The molecule has 1 aliphatic rings. The van der Waals surface area contributed by atoms with Crippen molar-refractivity contribution in [3.05, 3.63) is 28.3 Å². The largest absolute Gasteiger partial charge is 0.413 e. The highest BCUT2D eigenvalue weighted by molar-refractivity contribution is 6.76. The van der Waals surface area contributed by atoms with Crippen LogP contribution in [-0.4, -0.2) is 52.2 Å². The summed E-state index contributed by atoms with van der Waals surface area (Å²) in [5.74, 6) is 0.563. The summed E-state index contributed by atoms with van der Waals surface area (Å²) in [6, 6.07) is 1.09. The highest BCUT2D eigenvalue weighted by atomic mass is 28.4. The lowest BCUT2D eigenvalue weighted by atomic mass is 10.1. The van der Waals surface area contributed by atoms with Crippen molar-refractivity contribution in [2.75, 3.05) is 31.2 Å². The zero-order chi connectivity index (χ0) is 26.1. The number of hydrogen-bond acceptors (Lipinski definition) is 5. The molecule has 6 nitrogen and oxygen atoms in total. The van der Waals surface area contributed by atoms with Gasteiger partial charge in [0.15, 0.2) is 14.1 Å². The van der Waals surface area contributed by atoms with Gasteiger partial charge in [-0.05, 0) is 43.1 Å². The van der Waals surface area contributed by atoms with Gasteiger partial charge >= 0.3 is 0 Å². The third-order valence-corrected chi connectivity index (χ3v) is 13.4. The first kappa shape index (κ1) is 30.0. The fourth-order valence-corrected chi connectivity index (χ4v) is 5.45. The van der Waals surface area contributed by atoms with E-state index in [1.54, 1.807) is 4.57 Å². The Balaban J connectivity index is 2.23. The summed E-state index contributed by atoms with van der Waals surface area (Å²) in [5.41, 5.74) is 0.735. The summed E-state index contributed by atoms with van der Waals surface area (Å²) >= 11 is 0. The SMILES string of the molecule is CC(C)(C)[Si](C)(C)OC/C=C/c1cn(COCC[Si](C)(C)C)c(=O)c(N2CCCCCCCC2)n1. The number of rotatable bonds is 10. The van der Waals surface area contributed by atoms with Crippen molar-refractivity contribution in [1.29, 1.82) is 0 Å². The monoisotopic (exact) mass is 521 g/mol. The lowest BCUT2D eigenvalue weighted by molar-refractivity contribution is 0.0846. The highest BCUT2D eigenvalue weighted by Crippen LogP contribution is 2.36. The lowest BCUT2D eigenvalue weighted by Gasteiger charge is -2.35. The highest BCUT2D eigenvalue weighted by Gasteiger charge is 2.36. The molecule has 1 aromatic heterocycles. The number of anilines is 1. The second-order valence-electron chi connectivity index (χ2n) is 12.7. The fourth-order valence-electron chi connectivity index (χ4n) is 3.75. The van der Waals surface area contributed by atoms with Crippen LogP contribution in [0.5, 0.6) is 0 Å². The molecule has 2 rings (SSSR count). The standard InChI is InChI=1S/C27H51N3O3Si2/c1-27(2,3)35(7,8)33-19-15-16-24-22-30(23-32-20-21-34(4,5)6)26(31)25(28-24)29-17-13-11-9-10-12-14-18-29/h15-16,22H,9-14,17-21,23H2,1-8H3/b16-15+. The molecule has 0 aliphatic carbocycles. The molecule has 1 aliphatic heterocycles. The van der Waals surface area contributed by atoms with Gasteiger partial charge in [-0.15, -0.1) is 0 Å². The van der Waals surface area contributed by atoms with Crippen LogP contribution in [-0.2, 0) is 15.9 Å². The summed E-state index contributed by atoms with van der Waals surface area (Å²) in [6.45, 7) is 21.6. The molecule has 2 heterocycles. The average molecular weight is 522 g/mol. The first-order valence-electron chi connectivity index (χ1n) is 13.5. The van der Waals surface area contributed by atoms with Gasteiger partial charge < -0.3 is 14.1 Å². The van der Waals surface area contributed by atoms with Crippen LogP contribution in [0.25, 0.3) is 6.08 Å². The topological polar surface area (TPSA) is 56.6 Å².